The fraction of sp³-hybridized carbons (Fsp3) is 0.900. The maximum Gasteiger partial charge on any atom is 0.166 e. The molecule has 1 N–H and O–H groups in total. The van der Waals surface area contributed by atoms with Crippen LogP contribution in [0.25, 0.3) is 0 Å². The van der Waals surface area contributed by atoms with Gasteiger partial charge in [-0.15, -0.1) is 0 Å². The zero-order valence-corrected chi connectivity index (χ0v) is 7.48. The first-order chi connectivity index (χ1) is 6.20. The van der Waals surface area contributed by atoms with Gasteiger partial charge in [-0.3, -0.25) is 0 Å². The first-order valence-corrected chi connectivity index (χ1v) is 5.06. The van der Waals surface area contributed by atoms with Crippen molar-refractivity contribution in [1.29, 1.82) is 0 Å². The Bertz CT molecular complexity index is 235. The van der Waals surface area contributed by atoms with Gasteiger partial charge in [0.15, 0.2) is 5.79 Å². The quantitative estimate of drug-likeness (QED) is 0.607. The SMILES string of the molecule is O=CC1C2CC3CC1CC(O)(C2)O3. The lowest BCUT2D eigenvalue weighted by Gasteiger charge is -2.56. The van der Waals surface area contributed by atoms with Crippen molar-refractivity contribution in [3.05, 3.63) is 0 Å². The standard InChI is InChI=1S/C10H14O3/c11-5-9-6-1-8-2-7(9)4-10(12,3-6)13-8/h5-9,12H,1-4H2. The van der Waals surface area contributed by atoms with Crippen LogP contribution in [-0.2, 0) is 9.53 Å². The average molecular weight is 182 g/mol. The van der Waals surface area contributed by atoms with E-state index >= 15 is 0 Å². The predicted octanol–water partition coefficient (Wildman–Crippen LogP) is 0.709. The van der Waals surface area contributed by atoms with Gasteiger partial charge in [0.2, 0.25) is 0 Å². The maximum absolute atomic E-state index is 10.9. The van der Waals surface area contributed by atoms with E-state index in [1.807, 2.05) is 0 Å². The van der Waals surface area contributed by atoms with E-state index in [9.17, 15) is 9.90 Å². The minimum Gasteiger partial charge on any atom is -0.365 e. The summed E-state index contributed by atoms with van der Waals surface area (Å²) in [5.74, 6) is 0.0821. The number of ether oxygens (including phenoxy) is 1. The summed E-state index contributed by atoms with van der Waals surface area (Å²) >= 11 is 0. The number of aldehydes is 1. The summed E-state index contributed by atoms with van der Waals surface area (Å²) in [6.07, 6.45) is 4.60. The molecule has 2 unspecified atom stereocenters. The van der Waals surface area contributed by atoms with Crippen molar-refractivity contribution in [2.24, 2.45) is 17.8 Å². The van der Waals surface area contributed by atoms with Crippen LogP contribution in [0.15, 0.2) is 0 Å². The molecule has 2 saturated heterocycles. The van der Waals surface area contributed by atoms with Gasteiger partial charge in [-0.1, -0.05) is 0 Å². The second-order valence-electron chi connectivity index (χ2n) is 4.80. The molecule has 2 saturated carbocycles. The number of hydrogen-bond acceptors (Lipinski definition) is 3. The summed E-state index contributed by atoms with van der Waals surface area (Å²) < 4.78 is 5.54. The molecule has 3 nitrogen and oxygen atoms in total. The molecule has 2 aliphatic carbocycles. The number of rotatable bonds is 1. The van der Waals surface area contributed by atoms with Crippen LogP contribution in [0.5, 0.6) is 0 Å². The van der Waals surface area contributed by atoms with Crippen LogP contribution in [-0.4, -0.2) is 23.3 Å². The van der Waals surface area contributed by atoms with Crippen molar-refractivity contribution in [3.63, 3.8) is 0 Å². The molecular weight excluding hydrogens is 168 g/mol. The topological polar surface area (TPSA) is 46.5 Å². The largest absolute Gasteiger partial charge is 0.365 e. The summed E-state index contributed by atoms with van der Waals surface area (Å²) in [5.41, 5.74) is 0. The molecule has 2 heterocycles. The molecule has 3 heteroatoms. The van der Waals surface area contributed by atoms with E-state index in [-0.39, 0.29) is 12.0 Å². The molecule has 0 spiro atoms. The monoisotopic (exact) mass is 182 g/mol. The normalized spacial score (nSPS) is 58.2. The van der Waals surface area contributed by atoms with E-state index in [0.29, 0.717) is 24.7 Å². The van der Waals surface area contributed by atoms with Gasteiger partial charge in [0.05, 0.1) is 6.10 Å². The summed E-state index contributed by atoms with van der Waals surface area (Å²) in [6.45, 7) is 0. The summed E-state index contributed by atoms with van der Waals surface area (Å²) in [6, 6.07) is 0. The smallest absolute Gasteiger partial charge is 0.166 e. The van der Waals surface area contributed by atoms with Crippen LogP contribution in [0.4, 0.5) is 0 Å². The highest BCUT2D eigenvalue weighted by atomic mass is 16.6. The minimum atomic E-state index is -0.879. The molecule has 0 amide bonds. The molecule has 0 aromatic rings. The Balaban J connectivity index is 1.94. The fourth-order valence-corrected chi connectivity index (χ4v) is 3.54. The van der Waals surface area contributed by atoms with Crippen molar-refractivity contribution in [1.82, 2.24) is 0 Å². The van der Waals surface area contributed by atoms with Gasteiger partial charge in [0.25, 0.3) is 0 Å². The van der Waals surface area contributed by atoms with Gasteiger partial charge in [-0.05, 0) is 24.7 Å². The number of carbonyl (C=O) groups excluding carboxylic acids is 1. The summed E-state index contributed by atoms with van der Waals surface area (Å²) in [7, 11) is 0. The highest BCUT2D eigenvalue weighted by molar-refractivity contribution is 5.55. The van der Waals surface area contributed by atoms with Gasteiger partial charge in [-0.2, -0.15) is 0 Å². The molecule has 2 atom stereocenters. The van der Waals surface area contributed by atoms with E-state index in [1.165, 1.54) is 0 Å². The van der Waals surface area contributed by atoms with E-state index in [1.54, 1.807) is 0 Å². The minimum absolute atomic E-state index is 0.195. The van der Waals surface area contributed by atoms with Gasteiger partial charge < -0.3 is 14.6 Å². The highest BCUT2D eigenvalue weighted by Gasteiger charge is 2.55. The van der Waals surface area contributed by atoms with Crippen LogP contribution < -0.4 is 0 Å². The fourth-order valence-electron chi connectivity index (χ4n) is 3.54. The average Bonchev–Trinajstić information content (AvgIpc) is 2.00. The van der Waals surface area contributed by atoms with E-state index in [2.05, 4.69) is 0 Å². The summed E-state index contributed by atoms with van der Waals surface area (Å²) in [4.78, 5) is 10.9. The lowest BCUT2D eigenvalue weighted by atomic mass is 9.60. The van der Waals surface area contributed by atoms with Crippen molar-refractivity contribution < 1.29 is 14.6 Å². The van der Waals surface area contributed by atoms with Gasteiger partial charge in [-0.25, -0.2) is 0 Å². The van der Waals surface area contributed by atoms with Gasteiger partial charge >= 0.3 is 0 Å². The first kappa shape index (κ1) is 7.94. The second kappa shape index (κ2) is 2.34. The van der Waals surface area contributed by atoms with Gasteiger partial charge in [0, 0.05) is 18.8 Å². The van der Waals surface area contributed by atoms with Crippen LogP contribution >= 0.6 is 0 Å². The third-order valence-electron chi connectivity index (χ3n) is 3.93. The molecule has 13 heavy (non-hydrogen) atoms. The van der Waals surface area contributed by atoms with Crippen molar-refractivity contribution in [2.75, 3.05) is 0 Å². The molecule has 0 aromatic heterocycles. The Kier molecular flexibility index (Phi) is 1.43. The number of aliphatic hydroxyl groups is 1. The Hall–Kier alpha value is -0.410. The Morgan fingerprint density at radius 2 is 1.92 bits per heavy atom. The van der Waals surface area contributed by atoms with Crippen LogP contribution in [0.3, 0.4) is 0 Å². The maximum atomic E-state index is 10.9. The zero-order valence-electron chi connectivity index (χ0n) is 7.48. The van der Waals surface area contributed by atoms with Crippen LogP contribution in [0, 0.1) is 17.8 Å². The van der Waals surface area contributed by atoms with Crippen molar-refractivity contribution >= 4 is 6.29 Å². The van der Waals surface area contributed by atoms with Crippen LogP contribution in [0.1, 0.15) is 25.7 Å². The van der Waals surface area contributed by atoms with E-state index in [4.69, 9.17) is 4.74 Å². The molecule has 0 aromatic carbocycles. The lowest BCUT2D eigenvalue weighted by Crippen LogP contribution is -2.58. The lowest BCUT2D eigenvalue weighted by molar-refractivity contribution is -0.324. The molecule has 0 radical (unpaired) electrons. The molecule has 72 valence electrons. The van der Waals surface area contributed by atoms with E-state index < -0.39 is 5.79 Å². The number of carbonyl (C=O) groups is 1. The van der Waals surface area contributed by atoms with Crippen LogP contribution in [0.2, 0.25) is 0 Å². The Morgan fingerprint density at radius 3 is 2.38 bits per heavy atom. The second-order valence-corrected chi connectivity index (χ2v) is 4.80. The number of hydrogen-bond donors (Lipinski definition) is 1. The highest BCUT2D eigenvalue weighted by Crippen LogP contribution is 2.54. The van der Waals surface area contributed by atoms with Crippen molar-refractivity contribution in [2.45, 2.75) is 37.6 Å². The predicted molar refractivity (Wildman–Crippen MR) is 44.8 cm³/mol. The molecule has 4 aliphatic rings. The molecule has 2 aliphatic heterocycles. The van der Waals surface area contributed by atoms with Crippen molar-refractivity contribution in [3.8, 4) is 0 Å². The Labute approximate surface area is 77.1 Å². The molecule has 4 rings (SSSR count). The third-order valence-corrected chi connectivity index (χ3v) is 3.93. The molecular formula is C10H14O3. The Morgan fingerprint density at radius 1 is 1.31 bits per heavy atom. The summed E-state index contributed by atoms with van der Waals surface area (Å²) in [5, 5.41) is 9.98. The molecule has 4 fully saturated rings. The third kappa shape index (κ3) is 1.00. The zero-order chi connectivity index (χ0) is 9.05. The first-order valence-electron chi connectivity index (χ1n) is 5.06. The molecule has 4 bridgehead atoms. The van der Waals surface area contributed by atoms with E-state index in [0.717, 1.165) is 19.1 Å². The van der Waals surface area contributed by atoms with Gasteiger partial charge in [0.1, 0.15) is 6.29 Å².